The molecule has 1 aliphatic carbocycles. The average molecular weight is 253 g/mol. The summed E-state index contributed by atoms with van der Waals surface area (Å²) in [6, 6.07) is 9.43. The Morgan fingerprint density at radius 1 is 1.11 bits per heavy atom. The Hall–Kier alpha value is -1.71. The summed E-state index contributed by atoms with van der Waals surface area (Å²) < 4.78 is 37.7. The molecule has 0 fully saturated rings. The molecule has 0 bridgehead atoms. The van der Waals surface area contributed by atoms with Crippen molar-refractivity contribution in [2.75, 3.05) is 5.32 Å². The van der Waals surface area contributed by atoms with E-state index in [2.05, 4.69) is 5.32 Å². The monoisotopic (exact) mass is 253 g/mol. The van der Waals surface area contributed by atoms with E-state index >= 15 is 0 Å². The molecule has 0 radical (unpaired) electrons. The summed E-state index contributed by atoms with van der Waals surface area (Å²) in [5.41, 5.74) is 1.24. The van der Waals surface area contributed by atoms with E-state index in [9.17, 15) is 13.2 Å². The molecule has 1 aliphatic rings. The zero-order chi connectivity index (χ0) is 13.2. The second kappa shape index (κ2) is 4.88. The fraction of sp³-hybridized carbons (Fsp3) is 0.286. The lowest BCUT2D eigenvalue weighted by atomic mass is 9.92. The quantitative estimate of drug-likeness (QED) is 0.817. The largest absolute Gasteiger partial charge is 0.412 e. The van der Waals surface area contributed by atoms with Crippen molar-refractivity contribution in [2.45, 2.75) is 19.5 Å². The number of halogens is 3. The van der Waals surface area contributed by atoms with Gasteiger partial charge in [0.2, 0.25) is 0 Å². The molecule has 0 aromatic heterocycles. The van der Waals surface area contributed by atoms with Gasteiger partial charge >= 0.3 is 6.18 Å². The van der Waals surface area contributed by atoms with E-state index in [0.29, 0.717) is 0 Å². The van der Waals surface area contributed by atoms with Gasteiger partial charge in [-0.2, -0.15) is 13.2 Å². The molecule has 96 valence electrons. The fourth-order valence-corrected chi connectivity index (χ4v) is 1.93. The molecular weight excluding hydrogens is 239 g/mol. The van der Waals surface area contributed by atoms with Crippen LogP contribution in [0.25, 0.3) is 0 Å². The van der Waals surface area contributed by atoms with Gasteiger partial charge in [-0.3, -0.25) is 0 Å². The van der Waals surface area contributed by atoms with Crippen molar-refractivity contribution in [1.29, 1.82) is 0 Å². The highest BCUT2D eigenvalue weighted by Gasteiger charge is 2.35. The Bertz CT molecular complexity index is 472. The number of allylic oxidation sites excluding steroid dienone is 4. The third kappa shape index (κ3) is 2.94. The summed E-state index contributed by atoms with van der Waals surface area (Å²) in [7, 11) is 0. The molecule has 4 heteroatoms. The first-order valence-electron chi connectivity index (χ1n) is 5.77. The maximum atomic E-state index is 12.6. The van der Waals surface area contributed by atoms with Crippen molar-refractivity contribution >= 4 is 5.69 Å². The average Bonchev–Trinajstić information content (AvgIpc) is 2.32. The van der Waals surface area contributed by atoms with E-state index in [1.165, 1.54) is 6.08 Å². The van der Waals surface area contributed by atoms with Gasteiger partial charge in [-0.05, 0) is 24.6 Å². The number of rotatable bonds is 2. The fourth-order valence-electron chi connectivity index (χ4n) is 1.93. The zero-order valence-corrected chi connectivity index (χ0v) is 9.96. The Kier molecular flexibility index (Phi) is 3.45. The molecule has 1 N–H and O–H groups in total. The normalized spacial score (nSPS) is 20.1. The van der Waals surface area contributed by atoms with E-state index in [1.807, 2.05) is 30.3 Å². The number of hydrogen-bond donors (Lipinski definition) is 1. The lowest BCUT2D eigenvalue weighted by molar-refractivity contribution is -0.0950. The lowest BCUT2D eigenvalue weighted by Gasteiger charge is -2.24. The molecule has 2 rings (SSSR count). The van der Waals surface area contributed by atoms with Crippen molar-refractivity contribution in [3.05, 3.63) is 53.8 Å². The van der Waals surface area contributed by atoms with E-state index < -0.39 is 11.7 Å². The van der Waals surface area contributed by atoms with Crippen LogP contribution >= 0.6 is 0 Å². The molecule has 0 saturated heterocycles. The first kappa shape index (κ1) is 12.7. The molecule has 1 aromatic carbocycles. The number of hydrogen-bond acceptors (Lipinski definition) is 1. The van der Waals surface area contributed by atoms with Crippen LogP contribution in [0.5, 0.6) is 0 Å². The Morgan fingerprint density at radius 3 is 2.33 bits per heavy atom. The Balaban J connectivity index is 2.15. The Labute approximate surface area is 104 Å². The molecule has 1 atom stereocenters. The van der Waals surface area contributed by atoms with Gasteiger partial charge in [0.25, 0.3) is 0 Å². The van der Waals surface area contributed by atoms with Crippen LogP contribution in [0.15, 0.2) is 53.8 Å². The Morgan fingerprint density at radius 2 is 1.78 bits per heavy atom. The van der Waals surface area contributed by atoms with Gasteiger partial charge in [0.05, 0.1) is 0 Å². The van der Waals surface area contributed by atoms with Gasteiger partial charge in [0.1, 0.15) is 0 Å². The summed E-state index contributed by atoms with van der Waals surface area (Å²) >= 11 is 0. The molecule has 0 spiro atoms. The topological polar surface area (TPSA) is 12.0 Å². The highest BCUT2D eigenvalue weighted by atomic mass is 19.4. The van der Waals surface area contributed by atoms with E-state index in [0.717, 1.165) is 17.5 Å². The van der Waals surface area contributed by atoms with Crippen molar-refractivity contribution in [2.24, 2.45) is 5.92 Å². The van der Waals surface area contributed by atoms with Crippen LogP contribution in [0, 0.1) is 5.92 Å². The van der Waals surface area contributed by atoms with E-state index in [4.69, 9.17) is 0 Å². The van der Waals surface area contributed by atoms with Crippen LogP contribution in [0.1, 0.15) is 13.3 Å². The number of para-hydroxylation sites is 1. The predicted molar refractivity (Wildman–Crippen MR) is 66.1 cm³/mol. The number of nitrogens with one attached hydrogen (secondary N) is 1. The van der Waals surface area contributed by atoms with Crippen molar-refractivity contribution in [3.63, 3.8) is 0 Å². The van der Waals surface area contributed by atoms with Gasteiger partial charge in [0, 0.05) is 22.9 Å². The minimum Gasteiger partial charge on any atom is -0.359 e. The van der Waals surface area contributed by atoms with Gasteiger partial charge in [0.15, 0.2) is 0 Å². The van der Waals surface area contributed by atoms with Crippen LogP contribution in [0.2, 0.25) is 0 Å². The summed E-state index contributed by atoms with van der Waals surface area (Å²) in [5.74, 6) is -0.160. The molecule has 0 heterocycles. The van der Waals surface area contributed by atoms with Crippen LogP contribution in [0.4, 0.5) is 18.9 Å². The third-order valence-electron chi connectivity index (χ3n) is 2.95. The van der Waals surface area contributed by atoms with Gasteiger partial charge in [-0.1, -0.05) is 31.2 Å². The molecule has 1 aromatic rings. The first-order chi connectivity index (χ1) is 8.47. The molecule has 1 nitrogen and oxygen atoms in total. The summed E-state index contributed by atoms with van der Waals surface area (Å²) in [6.45, 7) is 1.79. The van der Waals surface area contributed by atoms with Crippen molar-refractivity contribution in [3.8, 4) is 0 Å². The second-order valence-electron chi connectivity index (χ2n) is 4.41. The standard InChI is InChI=1S/C14H14F3N/c1-10-9-11(14(15,16)17)7-8-13(10)18-12-5-3-2-4-6-12/h2-8,10,18H,9H2,1H3. The van der Waals surface area contributed by atoms with Gasteiger partial charge in [-0.15, -0.1) is 0 Å². The SMILES string of the molecule is CC1CC(C(F)(F)F)=CC=C1Nc1ccccc1. The number of alkyl halides is 3. The highest BCUT2D eigenvalue weighted by Crippen LogP contribution is 2.35. The lowest BCUT2D eigenvalue weighted by Crippen LogP contribution is -2.20. The number of benzene rings is 1. The van der Waals surface area contributed by atoms with Crippen LogP contribution < -0.4 is 5.32 Å². The van der Waals surface area contributed by atoms with Crippen LogP contribution in [0.3, 0.4) is 0 Å². The minimum absolute atomic E-state index is 0.0230. The molecule has 0 amide bonds. The minimum atomic E-state index is -4.22. The van der Waals surface area contributed by atoms with E-state index in [1.54, 1.807) is 6.92 Å². The summed E-state index contributed by atoms with van der Waals surface area (Å²) in [5, 5.41) is 3.15. The van der Waals surface area contributed by atoms with Crippen molar-refractivity contribution < 1.29 is 13.2 Å². The molecule has 1 unspecified atom stereocenters. The number of anilines is 1. The molecule has 0 saturated carbocycles. The zero-order valence-electron chi connectivity index (χ0n) is 9.96. The first-order valence-corrected chi connectivity index (χ1v) is 5.77. The van der Waals surface area contributed by atoms with E-state index in [-0.39, 0.29) is 12.3 Å². The smallest absolute Gasteiger partial charge is 0.359 e. The van der Waals surface area contributed by atoms with Gasteiger partial charge < -0.3 is 5.32 Å². The van der Waals surface area contributed by atoms with Crippen LogP contribution in [-0.2, 0) is 0 Å². The summed E-state index contributed by atoms with van der Waals surface area (Å²) in [4.78, 5) is 0. The predicted octanol–water partition coefficient (Wildman–Crippen LogP) is 4.51. The van der Waals surface area contributed by atoms with Crippen molar-refractivity contribution in [1.82, 2.24) is 0 Å². The maximum Gasteiger partial charge on any atom is 0.412 e. The molecule has 18 heavy (non-hydrogen) atoms. The maximum absolute atomic E-state index is 12.6. The molecule has 0 aliphatic heterocycles. The second-order valence-corrected chi connectivity index (χ2v) is 4.41. The third-order valence-corrected chi connectivity index (χ3v) is 2.95. The summed E-state index contributed by atoms with van der Waals surface area (Å²) in [6.07, 6.45) is -1.52. The van der Waals surface area contributed by atoms with Gasteiger partial charge in [-0.25, -0.2) is 0 Å². The van der Waals surface area contributed by atoms with Crippen LogP contribution in [-0.4, -0.2) is 6.18 Å². The molecular formula is C14H14F3N. The highest BCUT2D eigenvalue weighted by molar-refractivity contribution is 5.50.